The number of hydrogen-bond donors (Lipinski definition) is 4. The third-order valence-corrected chi connectivity index (χ3v) is 8.36. The largest absolute Gasteiger partial charge is 1.00 e. The molecule has 0 aromatic rings. The van der Waals surface area contributed by atoms with E-state index in [-0.39, 0.29) is 25.6 Å². The van der Waals surface area contributed by atoms with Crippen LogP contribution in [0.2, 0.25) is 0 Å². The normalized spacial score (nSPS) is 23.6. The maximum Gasteiger partial charge on any atom is 0.186 e. The first-order chi connectivity index (χ1) is 19.7. The number of quaternary nitrogens is 1. The van der Waals surface area contributed by atoms with Gasteiger partial charge in [0.1, 0.15) is 37.1 Å². The van der Waals surface area contributed by atoms with Gasteiger partial charge in [-0.05, 0) is 19.3 Å². The average molecular weight is 626 g/mol. The molecular weight excluding hydrogens is 558 g/mol. The second kappa shape index (κ2) is 26.2. The van der Waals surface area contributed by atoms with E-state index in [0.717, 1.165) is 36.7 Å². The van der Waals surface area contributed by atoms with Crippen LogP contribution in [-0.4, -0.2) is 109 Å². The quantitative estimate of drug-likeness (QED) is 0.0820. The van der Waals surface area contributed by atoms with Gasteiger partial charge in [-0.2, -0.15) is 0 Å². The molecule has 1 unspecified atom stereocenters. The highest BCUT2D eigenvalue weighted by Crippen LogP contribution is 2.23. The molecular formula is C33H68ClNO7. The fraction of sp³-hybridized carbons (Fsp3) is 1.00. The minimum absolute atomic E-state index is 0. The van der Waals surface area contributed by atoms with Gasteiger partial charge in [0.05, 0.1) is 33.9 Å². The van der Waals surface area contributed by atoms with Gasteiger partial charge in [-0.15, -0.1) is 0 Å². The van der Waals surface area contributed by atoms with Gasteiger partial charge in [0.2, 0.25) is 0 Å². The van der Waals surface area contributed by atoms with Gasteiger partial charge in [-0.25, -0.2) is 0 Å². The summed E-state index contributed by atoms with van der Waals surface area (Å²) >= 11 is 0. The smallest absolute Gasteiger partial charge is 0.186 e. The molecule has 1 heterocycles. The summed E-state index contributed by atoms with van der Waals surface area (Å²) in [6, 6.07) is 0. The van der Waals surface area contributed by atoms with Gasteiger partial charge in [-0.3, -0.25) is 0 Å². The Labute approximate surface area is 264 Å². The number of likely N-dealkylation sites (N-methyl/N-ethyl adjacent to an activating group) is 1. The molecule has 0 aliphatic carbocycles. The Morgan fingerprint density at radius 3 is 1.67 bits per heavy atom. The maximum atomic E-state index is 10.6. The number of nitrogens with zero attached hydrogens (tertiary/aromatic N) is 1. The van der Waals surface area contributed by atoms with Crippen molar-refractivity contribution in [2.45, 2.75) is 166 Å². The van der Waals surface area contributed by atoms with Crippen LogP contribution >= 0.6 is 0 Å². The average Bonchev–Trinajstić information content (AvgIpc) is 2.93. The molecule has 0 aromatic carbocycles. The fourth-order valence-electron chi connectivity index (χ4n) is 5.69. The van der Waals surface area contributed by atoms with E-state index in [0.29, 0.717) is 13.2 Å². The summed E-state index contributed by atoms with van der Waals surface area (Å²) in [5.74, 6) is 0. The Morgan fingerprint density at radius 2 is 1.14 bits per heavy atom. The van der Waals surface area contributed by atoms with E-state index >= 15 is 0 Å². The van der Waals surface area contributed by atoms with Crippen molar-refractivity contribution in [3.05, 3.63) is 0 Å². The summed E-state index contributed by atoms with van der Waals surface area (Å²) in [5.41, 5.74) is 0. The van der Waals surface area contributed by atoms with Crippen LogP contribution in [-0.2, 0) is 14.2 Å². The van der Waals surface area contributed by atoms with Crippen molar-refractivity contribution < 1.29 is 51.5 Å². The van der Waals surface area contributed by atoms with E-state index in [1.807, 2.05) is 0 Å². The molecule has 8 nitrogen and oxygen atoms in total. The van der Waals surface area contributed by atoms with E-state index in [4.69, 9.17) is 14.2 Å². The second-order valence-electron chi connectivity index (χ2n) is 13.1. The Kier molecular flexibility index (Phi) is 26.2. The van der Waals surface area contributed by atoms with E-state index in [1.54, 1.807) is 0 Å². The van der Waals surface area contributed by atoms with Gasteiger partial charge in [0.25, 0.3) is 0 Å². The van der Waals surface area contributed by atoms with Crippen LogP contribution < -0.4 is 12.4 Å². The number of ether oxygens (including phenoxy) is 3. The molecule has 1 aliphatic heterocycles. The van der Waals surface area contributed by atoms with Crippen LogP contribution in [0.5, 0.6) is 0 Å². The molecule has 6 atom stereocenters. The van der Waals surface area contributed by atoms with Gasteiger partial charge in [0, 0.05) is 6.61 Å². The van der Waals surface area contributed by atoms with Crippen molar-refractivity contribution in [2.24, 2.45) is 0 Å². The Hall–Kier alpha value is -0.0300. The van der Waals surface area contributed by atoms with Crippen molar-refractivity contribution >= 4 is 0 Å². The van der Waals surface area contributed by atoms with Crippen LogP contribution in [0.15, 0.2) is 0 Å². The van der Waals surface area contributed by atoms with Gasteiger partial charge < -0.3 is 51.5 Å². The molecule has 1 rings (SSSR count). The monoisotopic (exact) mass is 625 g/mol. The number of hydrogen-bond acceptors (Lipinski definition) is 7. The Balaban J connectivity index is 0.0000168. The van der Waals surface area contributed by atoms with E-state index < -0.39 is 36.8 Å². The molecule has 42 heavy (non-hydrogen) atoms. The minimum atomic E-state index is -1.37. The Morgan fingerprint density at radius 1 is 0.667 bits per heavy atom. The van der Waals surface area contributed by atoms with Crippen LogP contribution in [0.4, 0.5) is 0 Å². The van der Waals surface area contributed by atoms with Crippen LogP contribution in [0, 0.1) is 0 Å². The molecule has 0 aromatic heterocycles. The van der Waals surface area contributed by atoms with Crippen molar-refractivity contribution in [3.8, 4) is 0 Å². The van der Waals surface area contributed by atoms with Crippen molar-refractivity contribution in [2.75, 3.05) is 47.0 Å². The Bertz CT molecular complexity index is 601. The summed E-state index contributed by atoms with van der Waals surface area (Å²) in [6.45, 7) is 6.62. The summed E-state index contributed by atoms with van der Waals surface area (Å²) in [4.78, 5) is 0. The molecule has 0 bridgehead atoms. The molecule has 0 spiro atoms. The molecule has 0 amide bonds. The lowest BCUT2D eigenvalue weighted by molar-refractivity contribution is -0.893. The van der Waals surface area contributed by atoms with Crippen LogP contribution in [0.3, 0.4) is 0 Å². The summed E-state index contributed by atoms with van der Waals surface area (Å²) in [6.07, 6.45) is 16.1. The zero-order valence-corrected chi connectivity index (χ0v) is 28.3. The van der Waals surface area contributed by atoms with E-state index in [2.05, 4.69) is 27.9 Å². The van der Waals surface area contributed by atoms with Gasteiger partial charge in [0.15, 0.2) is 6.29 Å². The van der Waals surface area contributed by atoms with Crippen molar-refractivity contribution in [1.82, 2.24) is 0 Å². The van der Waals surface area contributed by atoms with Gasteiger partial charge >= 0.3 is 0 Å². The van der Waals surface area contributed by atoms with E-state index in [9.17, 15) is 20.4 Å². The highest BCUT2D eigenvalue weighted by molar-refractivity contribution is 4.89. The molecule has 1 fully saturated rings. The topological polar surface area (TPSA) is 109 Å². The predicted molar refractivity (Wildman–Crippen MR) is 166 cm³/mol. The molecule has 9 heteroatoms. The van der Waals surface area contributed by atoms with Crippen molar-refractivity contribution in [3.63, 3.8) is 0 Å². The molecule has 254 valence electrons. The first kappa shape index (κ1) is 42.0. The lowest BCUT2D eigenvalue weighted by Gasteiger charge is -2.40. The molecule has 0 radical (unpaired) electrons. The zero-order chi connectivity index (χ0) is 30.3. The number of halogens is 1. The highest BCUT2D eigenvalue weighted by atomic mass is 35.5. The molecule has 1 aliphatic rings. The standard InChI is InChI=1S/C33H68NO7.ClH/c1-5-7-9-11-13-15-16-17-19-21-23-34(3,4)25-28(35)26-39-27-29-30(36)31(37)32(38)33(41-29)40-24-22-20-18-14-12-10-8-6-2;/h28-33,35-38H,5-27H2,1-4H3;1H/q+1;/p-1/t28?,29-,30-,31+,32-,33-;/m1./s1. The summed E-state index contributed by atoms with van der Waals surface area (Å²) < 4.78 is 17.9. The third kappa shape index (κ3) is 20.1. The van der Waals surface area contributed by atoms with E-state index in [1.165, 1.54) is 89.9 Å². The van der Waals surface area contributed by atoms with Crippen molar-refractivity contribution in [1.29, 1.82) is 0 Å². The van der Waals surface area contributed by atoms with Gasteiger partial charge in [-0.1, -0.05) is 110 Å². The predicted octanol–water partition coefficient (Wildman–Crippen LogP) is 2.33. The SMILES string of the molecule is CCCCCCCCCCCC[N+](C)(C)CC(O)COC[C@H]1O[C@@H](OCCCCCCCCCC)[C@H](O)[C@@H](O)[C@@H]1O.[Cl-]. The molecule has 1 saturated heterocycles. The molecule has 0 saturated carbocycles. The summed E-state index contributed by atoms with van der Waals surface area (Å²) in [7, 11) is 4.27. The molecule has 4 N–H and O–H groups in total. The first-order valence-corrected chi connectivity index (χ1v) is 17.1. The fourth-order valence-corrected chi connectivity index (χ4v) is 5.69. The highest BCUT2D eigenvalue weighted by Gasteiger charge is 2.44. The third-order valence-electron chi connectivity index (χ3n) is 8.36. The summed E-state index contributed by atoms with van der Waals surface area (Å²) in [5, 5.41) is 41.6. The second-order valence-corrected chi connectivity index (χ2v) is 13.1. The lowest BCUT2D eigenvalue weighted by Crippen LogP contribution is -3.00. The number of unbranched alkanes of at least 4 members (excludes halogenated alkanes) is 16. The van der Waals surface area contributed by atoms with Crippen LogP contribution in [0.25, 0.3) is 0 Å². The zero-order valence-electron chi connectivity index (χ0n) is 27.6. The number of aliphatic hydroxyl groups is 4. The maximum absolute atomic E-state index is 10.6. The number of rotatable bonds is 27. The lowest BCUT2D eigenvalue weighted by atomic mass is 9.99. The minimum Gasteiger partial charge on any atom is -1.00 e. The first-order valence-electron chi connectivity index (χ1n) is 17.1. The number of aliphatic hydroxyl groups excluding tert-OH is 4. The van der Waals surface area contributed by atoms with Crippen LogP contribution in [0.1, 0.15) is 129 Å².